The number of aromatic nitrogens is 2. The molecule has 150 valence electrons. The Balaban J connectivity index is 1.74. The minimum absolute atomic E-state index is 0.265. The number of hydrogen-bond acceptors (Lipinski definition) is 4. The first-order valence-electron chi connectivity index (χ1n) is 9.72. The number of halogens is 1. The standard InChI is InChI=1S/C24H25FN2O2/c1-3-13-29-24-26-16-21-14-19(11-12-23(21)27-24)20-10-9-18(22(25)15-20)8-6-4-5-7-17(2)28/h3,6,8-12,14-17,28H,1,4-5,7,13H2,2H3. The van der Waals surface area contributed by atoms with Gasteiger partial charge in [-0.25, -0.2) is 9.37 Å². The molecule has 0 radical (unpaired) electrons. The Morgan fingerprint density at radius 2 is 2.00 bits per heavy atom. The van der Waals surface area contributed by atoms with Crippen molar-refractivity contribution in [3.8, 4) is 17.1 Å². The van der Waals surface area contributed by atoms with E-state index in [1.165, 1.54) is 0 Å². The van der Waals surface area contributed by atoms with Crippen LogP contribution in [0.15, 0.2) is 61.3 Å². The van der Waals surface area contributed by atoms with Crippen molar-refractivity contribution in [1.29, 1.82) is 0 Å². The topological polar surface area (TPSA) is 55.2 Å². The molecule has 29 heavy (non-hydrogen) atoms. The number of aliphatic hydroxyl groups excluding tert-OH is 1. The average Bonchev–Trinajstić information content (AvgIpc) is 2.72. The summed E-state index contributed by atoms with van der Waals surface area (Å²) < 4.78 is 19.9. The van der Waals surface area contributed by atoms with Gasteiger partial charge in [-0.05, 0) is 55.5 Å². The molecule has 0 fully saturated rings. The average molecular weight is 392 g/mol. The number of aliphatic hydroxyl groups is 1. The highest BCUT2D eigenvalue weighted by molar-refractivity contribution is 5.84. The molecule has 1 atom stereocenters. The lowest BCUT2D eigenvalue weighted by Gasteiger charge is -2.07. The maximum atomic E-state index is 14.5. The molecular weight excluding hydrogens is 367 g/mol. The van der Waals surface area contributed by atoms with E-state index in [4.69, 9.17) is 4.74 Å². The second kappa shape index (κ2) is 9.94. The van der Waals surface area contributed by atoms with Crippen LogP contribution in [-0.2, 0) is 0 Å². The summed E-state index contributed by atoms with van der Waals surface area (Å²) in [6.07, 6.45) is 9.23. The van der Waals surface area contributed by atoms with Gasteiger partial charge in [-0.1, -0.05) is 43.0 Å². The predicted octanol–water partition coefficient (Wildman–Crippen LogP) is 5.57. The Morgan fingerprint density at radius 3 is 2.76 bits per heavy atom. The maximum absolute atomic E-state index is 14.5. The van der Waals surface area contributed by atoms with E-state index >= 15 is 0 Å². The summed E-state index contributed by atoms with van der Waals surface area (Å²) in [5.74, 6) is -0.265. The van der Waals surface area contributed by atoms with Crippen molar-refractivity contribution in [2.75, 3.05) is 6.61 Å². The quantitative estimate of drug-likeness (QED) is 0.382. The number of fused-ring (bicyclic) bond motifs is 1. The van der Waals surface area contributed by atoms with Gasteiger partial charge < -0.3 is 9.84 Å². The second-order valence-electron chi connectivity index (χ2n) is 6.94. The van der Waals surface area contributed by atoms with E-state index in [-0.39, 0.29) is 11.9 Å². The molecule has 0 spiro atoms. The smallest absolute Gasteiger partial charge is 0.317 e. The van der Waals surface area contributed by atoms with Crippen LogP contribution in [0, 0.1) is 5.82 Å². The molecule has 4 nitrogen and oxygen atoms in total. The first-order valence-corrected chi connectivity index (χ1v) is 9.72. The van der Waals surface area contributed by atoms with Crippen molar-refractivity contribution >= 4 is 17.0 Å². The van der Waals surface area contributed by atoms with Gasteiger partial charge >= 0.3 is 6.01 Å². The Bertz CT molecular complexity index is 1010. The summed E-state index contributed by atoms with van der Waals surface area (Å²) in [4.78, 5) is 8.55. The molecule has 0 aliphatic heterocycles. The Kier molecular flexibility index (Phi) is 7.09. The number of benzene rings is 2. The van der Waals surface area contributed by atoms with Gasteiger partial charge in [0.25, 0.3) is 0 Å². The number of nitrogens with zero attached hydrogens (tertiary/aromatic N) is 2. The van der Waals surface area contributed by atoms with Gasteiger partial charge in [0.2, 0.25) is 0 Å². The second-order valence-corrected chi connectivity index (χ2v) is 6.94. The third-order valence-electron chi connectivity index (χ3n) is 4.51. The van der Waals surface area contributed by atoms with E-state index in [1.807, 2.05) is 30.3 Å². The zero-order valence-corrected chi connectivity index (χ0v) is 16.5. The SMILES string of the molecule is C=CCOc1ncc2cc(-c3ccc(C=CCCCC(C)O)c(F)c3)ccc2n1. The normalized spacial score (nSPS) is 12.4. The fraction of sp³-hybridized carbons (Fsp3) is 0.250. The summed E-state index contributed by atoms with van der Waals surface area (Å²) in [5.41, 5.74) is 3.01. The van der Waals surface area contributed by atoms with Gasteiger partial charge in [-0.2, -0.15) is 4.98 Å². The van der Waals surface area contributed by atoms with E-state index in [0.29, 0.717) is 18.2 Å². The number of hydrogen-bond donors (Lipinski definition) is 1. The minimum atomic E-state index is -0.293. The summed E-state index contributed by atoms with van der Waals surface area (Å²) in [6, 6.07) is 11.3. The Hall–Kier alpha value is -3.05. The maximum Gasteiger partial charge on any atom is 0.317 e. The molecule has 0 saturated carbocycles. The van der Waals surface area contributed by atoms with Crippen LogP contribution >= 0.6 is 0 Å². The highest BCUT2D eigenvalue weighted by atomic mass is 19.1. The highest BCUT2D eigenvalue weighted by Gasteiger charge is 2.06. The van der Waals surface area contributed by atoms with Gasteiger partial charge in [0.1, 0.15) is 12.4 Å². The fourth-order valence-corrected chi connectivity index (χ4v) is 2.98. The molecule has 5 heteroatoms. The molecule has 1 N–H and O–H groups in total. The largest absolute Gasteiger partial charge is 0.459 e. The lowest BCUT2D eigenvalue weighted by atomic mass is 10.0. The molecule has 1 unspecified atom stereocenters. The van der Waals surface area contributed by atoms with E-state index < -0.39 is 0 Å². The molecule has 0 saturated heterocycles. The molecule has 0 aliphatic carbocycles. The van der Waals surface area contributed by atoms with Crippen molar-refractivity contribution in [1.82, 2.24) is 9.97 Å². The van der Waals surface area contributed by atoms with Crippen molar-refractivity contribution in [2.45, 2.75) is 32.3 Å². The Labute approximate surface area is 170 Å². The molecule has 3 rings (SSSR count). The van der Waals surface area contributed by atoms with Crippen LogP contribution in [0.2, 0.25) is 0 Å². The third-order valence-corrected chi connectivity index (χ3v) is 4.51. The lowest BCUT2D eigenvalue weighted by Crippen LogP contribution is -1.98. The fourth-order valence-electron chi connectivity index (χ4n) is 2.98. The van der Waals surface area contributed by atoms with Crippen molar-refractivity contribution in [3.63, 3.8) is 0 Å². The van der Waals surface area contributed by atoms with Crippen LogP contribution in [0.25, 0.3) is 28.1 Å². The van der Waals surface area contributed by atoms with E-state index in [2.05, 4.69) is 16.5 Å². The number of ether oxygens (including phenoxy) is 1. The van der Waals surface area contributed by atoms with Crippen molar-refractivity contribution < 1.29 is 14.2 Å². The van der Waals surface area contributed by atoms with Gasteiger partial charge in [0.15, 0.2) is 0 Å². The summed E-state index contributed by atoms with van der Waals surface area (Å²) >= 11 is 0. The van der Waals surface area contributed by atoms with E-state index in [0.717, 1.165) is 41.3 Å². The Morgan fingerprint density at radius 1 is 1.21 bits per heavy atom. The summed E-state index contributed by atoms with van der Waals surface area (Å²) in [5, 5.41) is 10.1. The molecule has 3 aromatic rings. The minimum Gasteiger partial charge on any atom is -0.459 e. The zero-order valence-electron chi connectivity index (χ0n) is 16.5. The molecule has 0 amide bonds. The van der Waals surface area contributed by atoms with Crippen LogP contribution in [0.5, 0.6) is 6.01 Å². The first-order chi connectivity index (χ1) is 14.1. The molecular formula is C24H25FN2O2. The molecule has 1 heterocycles. The summed E-state index contributed by atoms with van der Waals surface area (Å²) in [7, 11) is 0. The van der Waals surface area contributed by atoms with Gasteiger partial charge in [0.05, 0.1) is 11.6 Å². The monoisotopic (exact) mass is 392 g/mol. The number of allylic oxidation sites excluding steroid dienone is 1. The molecule has 1 aromatic heterocycles. The lowest BCUT2D eigenvalue weighted by molar-refractivity contribution is 0.182. The van der Waals surface area contributed by atoms with Crippen LogP contribution < -0.4 is 4.74 Å². The highest BCUT2D eigenvalue weighted by Crippen LogP contribution is 2.26. The zero-order chi connectivity index (χ0) is 20.6. The third kappa shape index (κ3) is 5.72. The molecule has 0 aliphatic rings. The molecule has 0 bridgehead atoms. The predicted molar refractivity (Wildman–Crippen MR) is 115 cm³/mol. The van der Waals surface area contributed by atoms with E-state index in [1.54, 1.807) is 37.4 Å². The van der Waals surface area contributed by atoms with Crippen molar-refractivity contribution in [2.24, 2.45) is 0 Å². The summed E-state index contributed by atoms with van der Waals surface area (Å²) in [6.45, 7) is 5.73. The van der Waals surface area contributed by atoms with Gasteiger partial charge in [0, 0.05) is 17.1 Å². The number of unbranched alkanes of at least 4 members (excludes halogenated alkanes) is 1. The molecule has 2 aromatic carbocycles. The van der Waals surface area contributed by atoms with Crippen LogP contribution in [0.4, 0.5) is 4.39 Å². The van der Waals surface area contributed by atoms with Gasteiger partial charge in [-0.15, -0.1) is 0 Å². The van der Waals surface area contributed by atoms with Crippen LogP contribution in [-0.4, -0.2) is 27.8 Å². The number of rotatable bonds is 9. The van der Waals surface area contributed by atoms with Crippen LogP contribution in [0.3, 0.4) is 0 Å². The van der Waals surface area contributed by atoms with Crippen molar-refractivity contribution in [3.05, 3.63) is 72.7 Å². The van der Waals surface area contributed by atoms with Crippen LogP contribution in [0.1, 0.15) is 31.7 Å². The van der Waals surface area contributed by atoms with Gasteiger partial charge in [-0.3, -0.25) is 0 Å². The first kappa shape index (κ1) is 20.7. The van der Waals surface area contributed by atoms with E-state index in [9.17, 15) is 9.50 Å².